The minimum absolute atomic E-state index is 0.0504. The number of alkyl halides is 3. The van der Waals surface area contributed by atoms with Gasteiger partial charge in [-0.1, -0.05) is 19.1 Å². The highest BCUT2D eigenvalue weighted by atomic mass is 32.2. The summed E-state index contributed by atoms with van der Waals surface area (Å²) in [7, 11) is -4.22. The molecule has 21 heavy (non-hydrogen) atoms. The number of esters is 1. The largest absolute Gasteiger partial charge is 0.501 e. The Labute approximate surface area is 124 Å². The second-order valence-electron chi connectivity index (χ2n) is 4.13. The van der Waals surface area contributed by atoms with Gasteiger partial charge in [-0.3, -0.25) is 4.79 Å². The first-order valence-corrected chi connectivity index (χ1v) is 8.19. The summed E-state index contributed by atoms with van der Waals surface area (Å²) in [6.45, 7) is 1.54. The normalized spacial score (nSPS) is 13.8. The van der Waals surface area contributed by atoms with Crippen LogP contribution in [0.3, 0.4) is 0 Å². The fourth-order valence-corrected chi connectivity index (χ4v) is 3.70. The monoisotopic (exact) mass is 342 g/mol. The molecule has 0 spiro atoms. The smallest absolute Gasteiger partial charge is 0.469 e. The SMILES string of the molecule is COC(=O)C(C)CSc1ccccc1S(=O)(=O)C(F)(F)F. The Bertz CT molecular complexity index is 611. The minimum atomic E-state index is -5.42. The Kier molecular flexibility index (Phi) is 5.68. The first-order valence-electron chi connectivity index (χ1n) is 5.72. The van der Waals surface area contributed by atoms with Crippen LogP contribution in [0.25, 0.3) is 0 Å². The molecule has 0 saturated carbocycles. The summed E-state index contributed by atoms with van der Waals surface area (Å²) < 4.78 is 65.3. The molecule has 1 aromatic rings. The van der Waals surface area contributed by atoms with Crippen LogP contribution in [0, 0.1) is 5.92 Å². The van der Waals surface area contributed by atoms with Gasteiger partial charge in [-0.15, -0.1) is 11.8 Å². The third-order valence-electron chi connectivity index (χ3n) is 2.54. The van der Waals surface area contributed by atoms with Crippen molar-refractivity contribution in [3.63, 3.8) is 0 Å². The lowest BCUT2D eigenvalue weighted by Crippen LogP contribution is -2.24. The zero-order chi connectivity index (χ0) is 16.3. The molecular formula is C12H13F3O4S2. The highest BCUT2D eigenvalue weighted by Crippen LogP contribution is 2.36. The molecule has 1 aromatic carbocycles. The van der Waals surface area contributed by atoms with Crippen molar-refractivity contribution in [3.05, 3.63) is 24.3 Å². The summed E-state index contributed by atoms with van der Waals surface area (Å²) >= 11 is 0.862. The van der Waals surface area contributed by atoms with E-state index in [2.05, 4.69) is 4.74 Å². The number of benzene rings is 1. The fourth-order valence-electron chi connectivity index (χ4n) is 1.40. The van der Waals surface area contributed by atoms with Gasteiger partial charge in [-0.25, -0.2) is 8.42 Å². The Morgan fingerprint density at radius 2 is 1.90 bits per heavy atom. The number of halogens is 3. The zero-order valence-corrected chi connectivity index (χ0v) is 12.8. The molecule has 0 aromatic heterocycles. The average Bonchev–Trinajstić information content (AvgIpc) is 2.42. The third kappa shape index (κ3) is 4.13. The lowest BCUT2D eigenvalue weighted by atomic mass is 10.2. The van der Waals surface area contributed by atoms with Gasteiger partial charge in [0.05, 0.1) is 17.9 Å². The van der Waals surface area contributed by atoms with E-state index in [-0.39, 0.29) is 10.6 Å². The van der Waals surface area contributed by atoms with Gasteiger partial charge in [0.1, 0.15) is 0 Å². The summed E-state index contributed by atoms with van der Waals surface area (Å²) in [4.78, 5) is 10.4. The molecule has 0 N–H and O–H groups in total. The first kappa shape index (κ1) is 17.8. The average molecular weight is 342 g/mol. The number of rotatable bonds is 5. The number of carbonyl (C=O) groups excluding carboxylic acids is 1. The standard InChI is InChI=1S/C12H13F3O4S2/c1-8(11(16)19-2)7-20-9-5-3-4-6-10(9)21(17,18)12(13,14)15/h3-6,8H,7H2,1-2H3. The summed E-state index contributed by atoms with van der Waals surface area (Å²) in [5, 5.41) is 0. The minimum Gasteiger partial charge on any atom is -0.469 e. The van der Waals surface area contributed by atoms with E-state index in [4.69, 9.17) is 0 Å². The van der Waals surface area contributed by atoms with Crippen LogP contribution in [0.15, 0.2) is 34.1 Å². The van der Waals surface area contributed by atoms with E-state index in [0.717, 1.165) is 17.8 Å². The first-order chi connectivity index (χ1) is 9.61. The van der Waals surface area contributed by atoms with Gasteiger partial charge in [-0.2, -0.15) is 13.2 Å². The number of hydrogen-bond donors (Lipinski definition) is 0. The number of carbonyl (C=O) groups is 1. The van der Waals surface area contributed by atoms with Crippen molar-refractivity contribution < 1.29 is 31.1 Å². The van der Waals surface area contributed by atoms with Crippen LogP contribution in [0.1, 0.15) is 6.92 Å². The Hall–Kier alpha value is -1.22. The Morgan fingerprint density at radius 1 is 1.33 bits per heavy atom. The molecule has 0 radical (unpaired) electrons. The summed E-state index contributed by atoms with van der Waals surface area (Å²) in [6, 6.07) is 4.81. The van der Waals surface area contributed by atoms with Gasteiger partial charge >= 0.3 is 11.5 Å². The van der Waals surface area contributed by atoms with E-state index >= 15 is 0 Å². The Morgan fingerprint density at radius 3 is 2.43 bits per heavy atom. The zero-order valence-electron chi connectivity index (χ0n) is 11.2. The van der Waals surface area contributed by atoms with Crippen molar-refractivity contribution >= 4 is 27.6 Å². The van der Waals surface area contributed by atoms with Crippen LogP contribution in [-0.2, 0) is 19.4 Å². The van der Waals surface area contributed by atoms with Crippen molar-refractivity contribution in [3.8, 4) is 0 Å². The van der Waals surface area contributed by atoms with Crippen LogP contribution in [-0.4, -0.2) is 32.8 Å². The molecule has 0 heterocycles. The predicted octanol–water partition coefficient (Wildman–Crippen LogP) is 2.88. The molecule has 0 aliphatic rings. The van der Waals surface area contributed by atoms with Gasteiger partial charge in [0.15, 0.2) is 0 Å². The van der Waals surface area contributed by atoms with Crippen molar-refractivity contribution in [2.24, 2.45) is 5.92 Å². The topological polar surface area (TPSA) is 60.4 Å². The van der Waals surface area contributed by atoms with Crippen molar-refractivity contribution in [1.82, 2.24) is 0 Å². The maximum atomic E-state index is 12.6. The van der Waals surface area contributed by atoms with Crippen LogP contribution in [0.2, 0.25) is 0 Å². The molecule has 0 bridgehead atoms. The van der Waals surface area contributed by atoms with Crippen molar-refractivity contribution in [1.29, 1.82) is 0 Å². The van der Waals surface area contributed by atoms with Crippen LogP contribution >= 0.6 is 11.8 Å². The third-order valence-corrected chi connectivity index (χ3v) is 5.54. The van der Waals surface area contributed by atoms with E-state index in [1.54, 1.807) is 6.92 Å². The van der Waals surface area contributed by atoms with E-state index in [1.165, 1.54) is 25.3 Å². The molecule has 0 fully saturated rings. The van der Waals surface area contributed by atoms with E-state index in [1.807, 2.05) is 0 Å². The lowest BCUT2D eigenvalue weighted by Gasteiger charge is -2.13. The molecule has 1 atom stereocenters. The van der Waals surface area contributed by atoms with Crippen LogP contribution in [0.4, 0.5) is 13.2 Å². The summed E-state index contributed by atoms with van der Waals surface area (Å²) in [5.41, 5.74) is -5.36. The van der Waals surface area contributed by atoms with Gasteiger partial charge in [0, 0.05) is 10.6 Å². The molecule has 4 nitrogen and oxygen atoms in total. The predicted molar refractivity (Wildman–Crippen MR) is 71.6 cm³/mol. The maximum absolute atomic E-state index is 12.6. The van der Waals surface area contributed by atoms with Crippen molar-refractivity contribution in [2.45, 2.75) is 22.2 Å². The quantitative estimate of drug-likeness (QED) is 0.608. The van der Waals surface area contributed by atoms with E-state index < -0.39 is 32.1 Å². The summed E-state index contributed by atoms with van der Waals surface area (Å²) in [5.74, 6) is -0.975. The van der Waals surface area contributed by atoms with Crippen LogP contribution < -0.4 is 0 Å². The van der Waals surface area contributed by atoms with Crippen molar-refractivity contribution in [2.75, 3.05) is 12.9 Å². The summed E-state index contributed by atoms with van der Waals surface area (Å²) in [6.07, 6.45) is 0. The molecule has 0 amide bonds. The molecule has 9 heteroatoms. The number of thioether (sulfide) groups is 1. The number of ether oxygens (including phenoxy) is 1. The van der Waals surface area contributed by atoms with Gasteiger partial charge in [-0.05, 0) is 12.1 Å². The lowest BCUT2D eigenvalue weighted by molar-refractivity contribution is -0.144. The number of sulfone groups is 1. The molecule has 0 aliphatic carbocycles. The van der Waals surface area contributed by atoms with E-state index in [0.29, 0.717) is 0 Å². The molecule has 1 unspecified atom stereocenters. The number of methoxy groups -OCH3 is 1. The van der Waals surface area contributed by atoms with Crippen LogP contribution in [0.5, 0.6) is 0 Å². The van der Waals surface area contributed by atoms with Gasteiger partial charge in [0.2, 0.25) is 0 Å². The molecule has 1 rings (SSSR count). The second-order valence-corrected chi connectivity index (χ2v) is 7.10. The number of hydrogen-bond acceptors (Lipinski definition) is 5. The Balaban J connectivity index is 3.04. The highest BCUT2D eigenvalue weighted by Gasteiger charge is 2.47. The highest BCUT2D eigenvalue weighted by molar-refractivity contribution is 8.00. The molecule has 0 saturated heterocycles. The van der Waals surface area contributed by atoms with Gasteiger partial charge in [0.25, 0.3) is 9.84 Å². The van der Waals surface area contributed by atoms with Gasteiger partial charge < -0.3 is 4.74 Å². The molecular weight excluding hydrogens is 329 g/mol. The second kappa shape index (κ2) is 6.69. The molecule has 0 aliphatic heterocycles. The molecule has 118 valence electrons. The fraction of sp³-hybridized carbons (Fsp3) is 0.417. The van der Waals surface area contributed by atoms with E-state index in [9.17, 15) is 26.4 Å². The maximum Gasteiger partial charge on any atom is 0.501 e.